The molecule has 1 saturated heterocycles. The van der Waals surface area contributed by atoms with E-state index in [1.807, 2.05) is 55.7 Å². The van der Waals surface area contributed by atoms with E-state index in [0.29, 0.717) is 6.61 Å². The van der Waals surface area contributed by atoms with Crippen LogP contribution in [-0.2, 0) is 28.7 Å². The summed E-state index contributed by atoms with van der Waals surface area (Å²) in [6.07, 6.45) is 5.55. The number of hydrogen-bond donors (Lipinski definition) is 2. The number of hydrogen-bond acceptors (Lipinski definition) is 9. The smallest absolute Gasteiger partial charge is 0.262 e. The highest BCUT2D eigenvalue weighted by molar-refractivity contribution is 6.23. The quantitative estimate of drug-likeness (QED) is 0.161. The fraction of sp³-hybridized carbons (Fsp3) is 0.286. The van der Waals surface area contributed by atoms with Crippen LogP contribution in [0.15, 0.2) is 97.3 Å². The second-order valence-electron chi connectivity index (χ2n) is 14.6. The molecule has 2 aromatic heterocycles. The predicted molar refractivity (Wildman–Crippen MR) is 200 cm³/mol. The van der Waals surface area contributed by atoms with Crippen LogP contribution in [0.25, 0.3) is 11.3 Å². The van der Waals surface area contributed by atoms with Crippen LogP contribution >= 0.6 is 0 Å². The third kappa shape index (κ3) is 6.82. The van der Waals surface area contributed by atoms with Crippen molar-refractivity contribution in [1.82, 2.24) is 25.0 Å². The molecule has 54 heavy (non-hydrogen) atoms. The minimum Gasteiger partial charge on any atom is -0.490 e. The molecule has 274 valence electrons. The first-order valence-corrected chi connectivity index (χ1v) is 18.1. The first-order valence-electron chi connectivity index (χ1n) is 18.1. The van der Waals surface area contributed by atoms with E-state index in [4.69, 9.17) is 14.5 Å². The first-order chi connectivity index (χ1) is 26.0. The van der Waals surface area contributed by atoms with Gasteiger partial charge in [-0.1, -0.05) is 44.2 Å². The number of rotatable bonds is 11. The number of aryl methyl sites for hydroxylation is 1. The summed E-state index contributed by atoms with van der Waals surface area (Å²) in [5, 5.41) is 9.90. The average Bonchev–Trinajstić information content (AvgIpc) is 3.70. The molecule has 3 aliphatic rings. The van der Waals surface area contributed by atoms with Crippen molar-refractivity contribution >= 4 is 29.3 Å². The number of imide groups is 2. The van der Waals surface area contributed by atoms with Crippen molar-refractivity contribution in [3.8, 4) is 22.8 Å². The molecule has 1 saturated carbocycles. The monoisotopic (exact) mass is 724 g/mol. The highest BCUT2D eigenvalue weighted by atomic mass is 16.5. The van der Waals surface area contributed by atoms with Crippen LogP contribution < -0.4 is 20.1 Å². The van der Waals surface area contributed by atoms with Gasteiger partial charge < -0.3 is 14.8 Å². The Kier molecular flexibility index (Phi) is 8.96. The van der Waals surface area contributed by atoms with E-state index in [0.717, 1.165) is 63.0 Å². The number of ether oxygens (including phenoxy) is 2. The lowest BCUT2D eigenvalue weighted by atomic mass is 9.78. The Morgan fingerprint density at radius 3 is 2.26 bits per heavy atom. The molecule has 12 nitrogen and oxygen atoms in total. The number of amides is 4. The molecule has 1 aliphatic carbocycles. The van der Waals surface area contributed by atoms with E-state index in [9.17, 15) is 19.2 Å². The van der Waals surface area contributed by atoms with Crippen LogP contribution in [0.3, 0.4) is 0 Å². The van der Waals surface area contributed by atoms with Crippen molar-refractivity contribution in [1.29, 1.82) is 0 Å². The van der Waals surface area contributed by atoms with Gasteiger partial charge in [0.15, 0.2) is 0 Å². The predicted octanol–water partition coefficient (Wildman–Crippen LogP) is 5.81. The fourth-order valence-electron chi connectivity index (χ4n) is 7.28. The topological polar surface area (TPSA) is 145 Å². The Morgan fingerprint density at radius 2 is 1.57 bits per heavy atom. The van der Waals surface area contributed by atoms with E-state index < -0.39 is 29.7 Å². The number of piperidine rings is 1. The van der Waals surface area contributed by atoms with Gasteiger partial charge in [-0.2, -0.15) is 5.10 Å². The minimum absolute atomic E-state index is 0.0441. The number of fused-ring (bicyclic) bond motifs is 1. The number of anilines is 1. The zero-order chi connectivity index (χ0) is 37.6. The minimum atomic E-state index is -0.986. The number of nitrogens with one attached hydrogen (secondary N) is 2. The lowest BCUT2D eigenvalue weighted by Crippen LogP contribution is -2.54. The largest absolute Gasteiger partial charge is 0.490 e. The maximum absolute atomic E-state index is 13.2. The summed E-state index contributed by atoms with van der Waals surface area (Å²) in [6.45, 7) is 4.76. The van der Waals surface area contributed by atoms with Gasteiger partial charge in [-0.3, -0.25) is 34.1 Å². The molecule has 2 fully saturated rings. The van der Waals surface area contributed by atoms with Crippen LogP contribution in [0.4, 0.5) is 5.69 Å². The summed E-state index contributed by atoms with van der Waals surface area (Å²) >= 11 is 0. The first kappa shape index (κ1) is 34.8. The molecule has 0 spiro atoms. The van der Waals surface area contributed by atoms with Crippen molar-refractivity contribution in [2.75, 3.05) is 5.32 Å². The Hall–Kier alpha value is -6.30. The molecule has 3 aromatic carbocycles. The molecule has 2 aliphatic heterocycles. The lowest BCUT2D eigenvalue weighted by Gasteiger charge is -2.36. The van der Waals surface area contributed by atoms with Crippen LogP contribution in [-0.4, -0.2) is 61.5 Å². The van der Waals surface area contributed by atoms with E-state index >= 15 is 0 Å². The van der Waals surface area contributed by atoms with Crippen LogP contribution in [0.1, 0.15) is 77.1 Å². The van der Waals surface area contributed by atoms with Gasteiger partial charge in [0.25, 0.3) is 11.8 Å². The van der Waals surface area contributed by atoms with Gasteiger partial charge in [0.05, 0.1) is 28.7 Å². The molecule has 12 heteroatoms. The number of aromatic nitrogens is 3. The molecule has 4 amide bonds. The normalized spacial score (nSPS) is 19.6. The third-order valence-electron chi connectivity index (χ3n) is 10.6. The summed E-state index contributed by atoms with van der Waals surface area (Å²) in [4.78, 5) is 55.8. The van der Waals surface area contributed by atoms with Gasteiger partial charge in [0.2, 0.25) is 11.8 Å². The Balaban J connectivity index is 0.822. The maximum atomic E-state index is 13.2. The van der Waals surface area contributed by atoms with E-state index in [-0.39, 0.29) is 41.5 Å². The number of nitrogens with zero attached hydrogens (tertiary/aromatic N) is 4. The van der Waals surface area contributed by atoms with E-state index in [1.165, 1.54) is 0 Å². The van der Waals surface area contributed by atoms with E-state index in [2.05, 4.69) is 53.8 Å². The molecular formula is C42H40N6O6. The summed E-state index contributed by atoms with van der Waals surface area (Å²) < 4.78 is 14.1. The standard InChI is InChI=1S/C42H40N6O6/c1-42(2,26-7-12-31(13-8-26)53-24-29-5-4-6-36(45-29)25-22-43-47(3)23-25)27-9-14-32(15-10-27)54-33-19-30(20-33)44-28-11-16-34-35(21-28)41(52)48(40(34)51)37-17-18-38(49)46-39(37)50/h4-16,21-23,30,33,37,44H,17-20,24H2,1-3H3,(H,46,49,50). The second-order valence-corrected chi connectivity index (χ2v) is 14.6. The molecular weight excluding hydrogens is 684 g/mol. The van der Waals surface area contributed by atoms with Crippen molar-refractivity contribution < 1.29 is 28.7 Å². The Bertz CT molecular complexity index is 2260. The molecule has 8 rings (SSSR count). The third-order valence-corrected chi connectivity index (χ3v) is 10.6. The molecule has 2 N–H and O–H groups in total. The SMILES string of the molecule is Cn1cc(-c2cccc(COc3ccc(C(C)(C)c4ccc(OC5CC(Nc6ccc7c(c6)C(=O)N(C6CCC(=O)NC6=O)C7=O)C5)cc4)cc3)n2)cn1. The lowest BCUT2D eigenvalue weighted by molar-refractivity contribution is -0.136. The summed E-state index contributed by atoms with van der Waals surface area (Å²) in [7, 11) is 1.89. The van der Waals surface area contributed by atoms with Crippen LogP contribution in [0.5, 0.6) is 11.5 Å². The van der Waals surface area contributed by atoms with Gasteiger partial charge in [0.1, 0.15) is 30.3 Å². The van der Waals surface area contributed by atoms with Crippen molar-refractivity contribution in [2.45, 2.75) is 69.7 Å². The number of benzene rings is 3. The van der Waals surface area contributed by atoms with Crippen LogP contribution in [0.2, 0.25) is 0 Å². The van der Waals surface area contributed by atoms with Crippen LogP contribution in [0, 0.1) is 0 Å². The number of carbonyl (C=O) groups excluding carboxylic acids is 4. The highest BCUT2D eigenvalue weighted by Gasteiger charge is 2.45. The molecule has 0 bridgehead atoms. The van der Waals surface area contributed by atoms with Gasteiger partial charge in [-0.05, 0) is 72.1 Å². The Morgan fingerprint density at radius 1 is 0.870 bits per heavy atom. The van der Waals surface area contributed by atoms with E-state index in [1.54, 1.807) is 29.1 Å². The maximum Gasteiger partial charge on any atom is 0.262 e. The summed E-state index contributed by atoms with van der Waals surface area (Å²) in [6, 6.07) is 26.5. The number of carbonyl (C=O) groups is 4. The summed E-state index contributed by atoms with van der Waals surface area (Å²) in [5.74, 6) is -0.478. The highest BCUT2D eigenvalue weighted by Crippen LogP contribution is 2.36. The van der Waals surface area contributed by atoms with Gasteiger partial charge in [-0.25, -0.2) is 4.98 Å². The zero-order valence-corrected chi connectivity index (χ0v) is 30.2. The number of pyridine rings is 1. The van der Waals surface area contributed by atoms with Crippen molar-refractivity contribution in [2.24, 2.45) is 7.05 Å². The fourth-order valence-corrected chi connectivity index (χ4v) is 7.28. The zero-order valence-electron chi connectivity index (χ0n) is 30.2. The molecule has 4 heterocycles. The summed E-state index contributed by atoms with van der Waals surface area (Å²) in [5.41, 5.74) is 5.98. The second kappa shape index (κ2) is 13.9. The molecule has 0 radical (unpaired) electrons. The van der Waals surface area contributed by atoms with Crippen molar-refractivity contribution in [3.63, 3.8) is 0 Å². The van der Waals surface area contributed by atoms with Gasteiger partial charge in [0, 0.05) is 55.2 Å². The molecule has 1 unspecified atom stereocenters. The van der Waals surface area contributed by atoms with Crippen molar-refractivity contribution in [3.05, 3.63) is 125 Å². The molecule has 5 aromatic rings. The molecule has 1 atom stereocenters. The Labute approximate surface area is 312 Å². The average molecular weight is 725 g/mol. The van der Waals surface area contributed by atoms with Gasteiger partial charge >= 0.3 is 0 Å². The van der Waals surface area contributed by atoms with Gasteiger partial charge in [-0.15, -0.1) is 0 Å².